The van der Waals surface area contributed by atoms with E-state index in [9.17, 15) is 4.79 Å². The highest BCUT2D eigenvalue weighted by Crippen LogP contribution is 2.24. The van der Waals surface area contributed by atoms with Crippen LogP contribution >= 0.6 is 0 Å². The molecule has 0 saturated heterocycles. The SMILES string of the molecule is CCOC(=O)C(c1ccccc1)c1nc(COC)no1. The normalized spacial score (nSPS) is 12.1. The number of rotatable bonds is 6. The van der Waals surface area contributed by atoms with Gasteiger partial charge in [0.1, 0.15) is 6.61 Å². The van der Waals surface area contributed by atoms with Crippen LogP contribution in [0.4, 0.5) is 0 Å². The topological polar surface area (TPSA) is 74.5 Å². The molecule has 0 saturated carbocycles. The largest absolute Gasteiger partial charge is 0.465 e. The minimum atomic E-state index is -0.714. The fraction of sp³-hybridized carbons (Fsp3) is 0.357. The van der Waals surface area contributed by atoms with Crippen LogP contribution in [0, 0.1) is 0 Å². The molecule has 0 amide bonds. The van der Waals surface area contributed by atoms with Crippen molar-refractivity contribution in [2.24, 2.45) is 0 Å². The minimum absolute atomic E-state index is 0.210. The van der Waals surface area contributed by atoms with Crippen molar-refractivity contribution in [2.75, 3.05) is 13.7 Å². The molecule has 1 unspecified atom stereocenters. The number of nitrogens with zero attached hydrogens (tertiary/aromatic N) is 2. The van der Waals surface area contributed by atoms with Crippen LogP contribution in [0.2, 0.25) is 0 Å². The lowest BCUT2D eigenvalue weighted by Gasteiger charge is -2.11. The van der Waals surface area contributed by atoms with E-state index in [1.54, 1.807) is 6.92 Å². The van der Waals surface area contributed by atoms with E-state index in [1.165, 1.54) is 7.11 Å². The van der Waals surface area contributed by atoms with Gasteiger partial charge in [-0.3, -0.25) is 4.79 Å². The highest BCUT2D eigenvalue weighted by Gasteiger charge is 2.29. The maximum atomic E-state index is 12.1. The molecule has 1 heterocycles. The molecule has 6 nitrogen and oxygen atoms in total. The number of carbonyl (C=O) groups is 1. The number of esters is 1. The Kier molecular flexibility index (Phi) is 4.84. The van der Waals surface area contributed by atoms with Crippen molar-refractivity contribution in [3.8, 4) is 0 Å². The molecule has 106 valence electrons. The smallest absolute Gasteiger partial charge is 0.323 e. The second-order valence-electron chi connectivity index (χ2n) is 4.08. The highest BCUT2D eigenvalue weighted by molar-refractivity contribution is 5.80. The van der Waals surface area contributed by atoms with Crippen LogP contribution in [-0.4, -0.2) is 29.8 Å². The highest BCUT2D eigenvalue weighted by atomic mass is 16.5. The molecule has 0 N–H and O–H groups in total. The van der Waals surface area contributed by atoms with Crippen LogP contribution in [0.3, 0.4) is 0 Å². The third-order valence-corrected chi connectivity index (χ3v) is 2.66. The van der Waals surface area contributed by atoms with E-state index >= 15 is 0 Å². The lowest BCUT2D eigenvalue weighted by molar-refractivity contribution is -0.144. The van der Waals surface area contributed by atoms with Gasteiger partial charge < -0.3 is 14.0 Å². The van der Waals surface area contributed by atoms with Gasteiger partial charge in [0.25, 0.3) is 0 Å². The van der Waals surface area contributed by atoms with Crippen molar-refractivity contribution >= 4 is 5.97 Å². The second-order valence-corrected chi connectivity index (χ2v) is 4.08. The minimum Gasteiger partial charge on any atom is -0.465 e. The van der Waals surface area contributed by atoms with Gasteiger partial charge in [0.05, 0.1) is 6.61 Å². The molecule has 1 aromatic carbocycles. The lowest BCUT2D eigenvalue weighted by atomic mass is 9.99. The predicted octanol–water partition coefficient (Wildman–Crippen LogP) is 1.91. The molecule has 6 heteroatoms. The molecule has 0 aliphatic carbocycles. The van der Waals surface area contributed by atoms with E-state index in [1.807, 2.05) is 30.3 Å². The summed E-state index contributed by atoms with van der Waals surface area (Å²) in [6, 6.07) is 9.20. The van der Waals surface area contributed by atoms with Crippen LogP contribution in [0.5, 0.6) is 0 Å². The molecule has 20 heavy (non-hydrogen) atoms. The van der Waals surface area contributed by atoms with Crippen molar-refractivity contribution < 1.29 is 18.8 Å². The summed E-state index contributed by atoms with van der Waals surface area (Å²) in [5, 5.41) is 3.78. The first kappa shape index (κ1) is 14.2. The molecule has 1 atom stereocenters. The maximum Gasteiger partial charge on any atom is 0.323 e. The Balaban J connectivity index is 2.32. The Bertz CT molecular complexity index is 553. The predicted molar refractivity (Wildman–Crippen MR) is 69.9 cm³/mol. The van der Waals surface area contributed by atoms with Gasteiger partial charge in [-0.15, -0.1) is 0 Å². The van der Waals surface area contributed by atoms with E-state index in [2.05, 4.69) is 10.1 Å². The zero-order chi connectivity index (χ0) is 14.4. The van der Waals surface area contributed by atoms with Crippen molar-refractivity contribution in [2.45, 2.75) is 19.4 Å². The van der Waals surface area contributed by atoms with Gasteiger partial charge in [-0.1, -0.05) is 35.5 Å². The molecule has 2 rings (SSSR count). The fourth-order valence-electron chi connectivity index (χ4n) is 1.82. The van der Waals surface area contributed by atoms with Crippen molar-refractivity contribution in [1.29, 1.82) is 0 Å². The molecule has 0 aliphatic rings. The first-order chi connectivity index (χ1) is 9.76. The quantitative estimate of drug-likeness (QED) is 0.750. The van der Waals surface area contributed by atoms with E-state index < -0.39 is 11.9 Å². The Morgan fingerprint density at radius 1 is 1.35 bits per heavy atom. The Hall–Kier alpha value is -2.21. The summed E-state index contributed by atoms with van der Waals surface area (Å²) in [5.74, 6) is -0.519. The molecule has 2 aromatic rings. The average Bonchev–Trinajstić information content (AvgIpc) is 2.89. The van der Waals surface area contributed by atoms with Gasteiger partial charge in [0.2, 0.25) is 5.89 Å². The maximum absolute atomic E-state index is 12.1. The van der Waals surface area contributed by atoms with Crippen molar-refractivity contribution in [3.63, 3.8) is 0 Å². The molecule has 0 aliphatic heterocycles. The number of aromatic nitrogens is 2. The van der Waals surface area contributed by atoms with Crippen LogP contribution in [0.1, 0.15) is 30.1 Å². The van der Waals surface area contributed by atoms with Crippen molar-refractivity contribution in [1.82, 2.24) is 10.1 Å². The summed E-state index contributed by atoms with van der Waals surface area (Å²) in [5.41, 5.74) is 0.749. The van der Waals surface area contributed by atoms with Crippen LogP contribution in [0.25, 0.3) is 0 Å². The van der Waals surface area contributed by atoms with E-state index in [0.29, 0.717) is 12.4 Å². The third kappa shape index (κ3) is 3.21. The Morgan fingerprint density at radius 2 is 2.10 bits per heavy atom. The van der Waals surface area contributed by atoms with Gasteiger partial charge in [-0.2, -0.15) is 4.98 Å². The summed E-state index contributed by atoms with van der Waals surface area (Å²) in [6.45, 7) is 2.28. The van der Waals surface area contributed by atoms with E-state index in [0.717, 1.165) is 5.56 Å². The fourth-order valence-corrected chi connectivity index (χ4v) is 1.82. The van der Waals surface area contributed by atoms with Crippen LogP contribution in [-0.2, 0) is 20.9 Å². The molecule has 0 fully saturated rings. The number of carbonyl (C=O) groups excluding carboxylic acids is 1. The standard InChI is InChI=1S/C14H16N2O4/c1-3-19-14(17)12(10-7-5-4-6-8-10)13-15-11(9-18-2)16-20-13/h4-8,12H,3,9H2,1-2H3. The van der Waals surface area contributed by atoms with Crippen LogP contribution < -0.4 is 0 Å². The summed E-state index contributed by atoms with van der Waals surface area (Å²) < 4.78 is 15.2. The molecular weight excluding hydrogens is 260 g/mol. The molecular formula is C14H16N2O4. The van der Waals surface area contributed by atoms with Crippen molar-refractivity contribution in [3.05, 3.63) is 47.6 Å². The number of ether oxygens (including phenoxy) is 2. The molecule has 0 bridgehead atoms. The van der Waals surface area contributed by atoms with Crippen LogP contribution in [0.15, 0.2) is 34.9 Å². The molecule has 0 radical (unpaired) electrons. The first-order valence-corrected chi connectivity index (χ1v) is 6.29. The lowest BCUT2D eigenvalue weighted by Crippen LogP contribution is -2.17. The molecule has 0 spiro atoms. The van der Waals surface area contributed by atoms with Gasteiger partial charge in [0.15, 0.2) is 11.7 Å². The van der Waals surface area contributed by atoms with Gasteiger partial charge in [-0.25, -0.2) is 0 Å². The number of benzene rings is 1. The number of methoxy groups -OCH3 is 1. The van der Waals surface area contributed by atoms with E-state index in [4.69, 9.17) is 14.0 Å². The summed E-state index contributed by atoms with van der Waals surface area (Å²) in [4.78, 5) is 16.3. The zero-order valence-electron chi connectivity index (χ0n) is 11.4. The number of hydrogen-bond donors (Lipinski definition) is 0. The summed E-state index contributed by atoms with van der Waals surface area (Å²) in [6.07, 6.45) is 0. The third-order valence-electron chi connectivity index (χ3n) is 2.66. The van der Waals surface area contributed by atoms with Gasteiger partial charge in [-0.05, 0) is 12.5 Å². The second kappa shape index (κ2) is 6.81. The van der Waals surface area contributed by atoms with Gasteiger partial charge >= 0.3 is 5.97 Å². The average molecular weight is 276 g/mol. The molecule has 1 aromatic heterocycles. The summed E-state index contributed by atoms with van der Waals surface area (Å²) >= 11 is 0. The monoisotopic (exact) mass is 276 g/mol. The Labute approximate surface area is 116 Å². The van der Waals surface area contributed by atoms with E-state index in [-0.39, 0.29) is 12.5 Å². The first-order valence-electron chi connectivity index (χ1n) is 6.29. The van der Waals surface area contributed by atoms with Gasteiger partial charge in [0, 0.05) is 7.11 Å². The zero-order valence-corrected chi connectivity index (χ0v) is 11.4. The Morgan fingerprint density at radius 3 is 2.75 bits per heavy atom. The summed E-state index contributed by atoms with van der Waals surface area (Å²) in [7, 11) is 1.54. The number of hydrogen-bond acceptors (Lipinski definition) is 6.